The van der Waals surface area contributed by atoms with E-state index in [0.717, 1.165) is 12.8 Å². The van der Waals surface area contributed by atoms with Crippen LogP contribution in [0.3, 0.4) is 0 Å². The first-order valence-electron chi connectivity index (χ1n) is 7.59. The molecule has 1 aliphatic heterocycles. The highest BCUT2D eigenvalue weighted by Gasteiger charge is 2.26. The van der Waals surface area contributed by atoms with Crippen LogP contribution in [0.2, 0.25) is 0 Å². The van der Waals surface area contributed by atoms with E-state index in [-0.39, 0.29) is 36.6 Å². The van der Waals surface area contributed by atoms with Gasteiger partial charge < -0.3 is 15.8 Å². The Labute approximate surface area is 157 Å². The molecule has 138 valence electrons. The molecule has 0 saturated carbocycles. The number of benzene rings is 1. The summed E-state index contributed by atoms with van der Waals surface area (Å²) in [6.45, 7) is 1.25. The number of amides is 1. The third kappa shape index (κ3) is 5.15. The Balaban J connectivity index is 0.00000156. The molecule has 1 unspecified atom stereocenters. The van der Waals surface area contributed by atoms with Crippen LogP contribution in [0.4, 0.5) is 10.1 Å². The molecule has 0 spiro atoms. The molecule has 1 saturated heterocycles. The maximum absolute atomic E-state index is 14.2. The summed E-state index contributed by atoms with van der Waals surface area (Å²) in [6, 6.07) is 5.56. The first-order valence-corrected chi connectivity index (χ1v) is 7.59. The summed E-state index contributed by atoms with van der Waals surface area (Å²) in [5.74, 6) is -0.675. The molecule has 6 nitrogen and oxygen atoms in total. The maximum Gasteiger partial charge on any atom is 0.241 e. The standard InChI is InChI=1S/C16H19FN4O2.2ClH/c17-13-10-12(2-3-14(13)21-7-1-6-19-21)20-16(22)15(18)11-4-8-23-9-5-11;;/h1-3,6-7,10-11,15H,4-5,8-9,18H2,(H,20,22);2*1H. The van der Waals surface area contributed by atoms with Crippen molar-refractivity contribution in [3.63, 3.8) is 0 Å². The Morgan fingerprint density at radius 2 is 2.08 bits per heavy atom. The molecular weight excluding hydrogens is 370 g/mol. The number of anilines is 1. The van der Waals surface area contributed by atoms with E-state index in [1.807, 2.05) is 0 Å². The van der Waals surface area contributed by atoms with Crippen LogP contribution in [0.5, 0.6) is 0 Å². The van der Waals surface area contributed by atoms with Crippen molar-refractivity contribution in [1.82, 2.24) is 9.78 Å². The van der Waals surface area contributed by atoms with E-state index in [4.69, 9.17) is 10.5 Å². The molecule has 9 heteroatoms. The highest BCUT2D eigenvalue weighted by Crippen LogP contribution is 2.21. The van der Waals surface area contributed by atoms with Gasteiger partial charge in [0.2, 0.25) is 5.91 Å². The second kappa shape index (κ2) is 9.72. The molecule has 0 radical (unpaired) electrons. The van der Waals surface area contributed by atoms with Crippen molar-refractivity contribution in [2.75, 3.05) is 18.5 Å². The van der Waals surface area contributed by atoms with E-state index < -0.39 is 11.9 Å². The Hall–Kier alpha value is -1.67. The van der Waals surface area contributed by atoms with Crippen molar-refractivity contribution in [3.8, 4) is 5.69 Å². The topological polar surface area (TPSA) is 82.2 Å². The number of hydrogen-bond acceptors (Lipinski definition) is 4. The van der Waals surface area contributed by atoms with Gasteiger partial charge in [0.25, 0.3) is 0 Å². The zero-order valence-electron chi connectivity index (χ0n) is 13.4. The van der Waals surface area contributed by atoms with Crippen LogP contribution in [0, 0.1) is 11.7 Å². The second-order valence-corrected chi connectivity index (χ2v) is 5.58. The number of halogens is 3. The van der Waals surface area contributed by atoms with Crippen LogP contribution in [-0.4, -0.2) is 34.9 Å². The van der Waals surface area contributed by atoms with Crippen molar-refractivity contribution in [1.29, 1.82) is 0 Å². The number of nitrogens with one attached hydrogen (secondary N) is 1. The first kappa shape index (κ1) is 21.4. The lowest BCUT2D eigenvalue weighted by Gasteiger charge is -2.26. The van der Waals surface area contributed by atoms with Crippen LogP contribution in [0.1, 0.15) is 12.8 Å². The molecule has 25 heavy (non-hydrogen) atoms. The average Bonchev–Trinajstić information content (AvgIpc) is 3.09. The minimum atomic E-state index is -0.618. The molecular formula is C16H21Cl2FN4O2. The predicted molar refractivity (Wildman–Crippen MR) is 98.2 cm³/mol. The Bertz CT molecular complexity index is 679. The summed E-state index contributed by atoms with van der Waals surface area (Å²) in [5.41, 5.74) is 6.71. The van der Waals surface area contributed by atoms with Gasteiger partial charge in [-0.2, -0.15) is 5.10 Å². The zero-order chi connectivity index (χ0) is 16.2. The third-order valence-electron chi connectivity index (χ3n) is 4.04. The lowest BCUT2D eigenvalue weighted by molar-refractivity contribution is -0.119. The third-order valence-corrected chi connectivity index (χ3v) is 4.04. The molecule has 2 heterocycles. The van der Waals surface area contributed by atoms with E-state index in [1.165, 1.54) is 10.7 Å². The van der Waals surface area contributed by atoms with E-state index in [9.17, 15) is 9.18 Å². The van der Waals surface area contributed by atoms with Crippen LogP contribution >= 0.6 is 24.8 Å². The molecule has 2 aromatic rings. The predicted octanol–water partition coefficient (Wildman–Crippen LogP) is 2.55. The lowest BCUT2D eigenvalue weighted by atomic mass is 9.92. The van der Waals surface area contributed by atoms with Gasteiger partial charge in [-0.15, -0.1) is 24.8 Å². The molecule has 0 bridgehead atoms. The van der Waals surface area contributed by atoms with Gasteiger partial charge in [-0.1, -0.05) is 0 Å². The highest BCUT2D eigenvalue weighted by atomic mass is 35.5. The number of nitrogens with two attached hydrogens (primary N) is 1. The Kier molecular flexibility index (Phi) is 8.31. The molecule has 1 amide bonds. The van der Waals surface area contributed by atoms with Gasteiger partial charge in [0.05, 0.1) is 6.04 Å². The molecule has 1 aromatic heterocycles. The monoisotopic (exact) mass is 390 g/mol. The number of nitrogens with zero attached hydrogens (tertiary/aromatic N) is 2. The molecule has 0 aliphatic carbocycles. The van der Waals surface area contributed by atoms with E-state index in [2.05, 4.69) is 10.4 Å². The summed E-state index contributed by atoms with van der Waals surface area (Å²) in [6.07, 6.45) is 4.75. The highest BCUT2D eigenvalue weighted by molar-refractivity contribution is 5.95. The lowest BCUT2D eigenvalue weighted by Crippen LogP contribution is -2.44. The van der Waals surface area contributed by atoms with Crippen LogP contribution < -0.4 is 11.1 Å². The van der Waals surface area contributed by atoms with Crippen molar-refractivity contribution in [3.05, 3.63) is 42.5 Å². The second-order valence-electron chi connectivity index (χ2n) is 5.58. The maximum atomic E-state index is 14.2. The fourth-order valence-electron chi connectivity index (χ4n) is 2.70. The van der Waals surface area contributed by atoms with Gasteiger partial charge in [0.15, 0.2) is 5.82 Å². The summed E-state index contributed by atoms with van der Waals surface area (Å²) in [5, 5.41) is 6.66. The summed E-state index contributed by atoms with van der Waals surface area (Å²) in [7, 11) is 0. The minimum absolute atomic E-state index is 0. The fourth-order valence-corrected chi connectivity index (χ4v) is 2.70. The number of rotatable bonds is 4. The van der Waals surface area contributed by atoms with Crippen LogP contribution in [0.15, 0.2) is 36.7 Å². The molecule has 3 rings (SSSR count). The van der Waals surface area contributed by atoms with Crippen LogP contribution in [0.25, 0.3) is 5.69 Å². The van der Waals surface area contributed by atoms with Gasteiger partial charge in [0.1, 0.15) is 5.69 Å². The molecule has 1 atom stereocenters. The number of carbonyl (C=O) groups is 1. The van der Waals surface area contributed by atoms with Gasteiger partial charge >= 0.3 is 0 Å². The summed E-state index contributed by atoms with van der Waals surface area (Å²) < 4.78 is 20.9. The largest absolute Gasteiger partial charge is 0.381 e. The van der Waals surface area contributed by atoms with Crippen molar-refractivity contribution >= 4 is 36.4 Å². The van der Waals surface area contributed by atoms with Gasteiger partial charge in [-0.25, -0.2) is 9.07 Å². The molecule has 3 N–H and O–H groups in total. The van der Waals surface area contributed by atoms with E-state index in [0.29, 0.717) is 24.6 Å². The number of aromatic nitrogens is 2. The van der Waals surface area contributed by atoms with E-state index >= 15 is 0 Å². The smallest absolute Gasteiger partial charge is 0.241 e. The fraction of sp³-hybridized carbons (Fsp3) is 0.375. The van der Waals surface area contributed by atoms with Crippen molar-refractivity contribution in [2.24, 2.45) is 11.7 Å². The normalized spacial score (nSPS) is 15.6. The molecule has 1 aliphatic rings. The summed E-state index contributed by atoms with van der Waals surface area (Å²) >= 11 is 0. The van der Waals surface area contributed by atoms with Crippen LogP contribution in [-0.2, 0) is 9.53 Å². The quantitative estimate of drug-likeness (QED) is 0.839. The zero-order valence-corrected chi connectivity index (χ0v) is 15.1. The summed E-state index contributed by atoms with van der Waals surface area (Å²) in [4.78, 5) is 12.2. The number of ether oxygens (including phenoxy) is 1. The van der Waals surface area contributed by atoms with Gasteiger partial charge in [-0.3, -0.25) is 4.79 Å². The average molecular weight is 391 g/mol. The first-order chi connectivity index (χ1) is 11.1. The Morgan fingerprint density at radius 1 is 1.36 bits per heavy atom. The molecule has 1 aromatic carbocycles. The SMILES string of the molecule is Cl.Cl.NC(C(=O)Nc1ccc(-n2cccn2)c(F)c1)C1CCOCC1. The van der Waals surface area contributed by atoms with E-state index in [1.54, 1.807) is 30.6 Å². The van der Waals surface area contributed by atoms with Gasteiger partial charge in [0, 0.05) is 31.3 Å². The molecule has 1 fully saturated rings. The van der Waals surface area contributed by atoms with Crippen molar-refractivity contribution < 1.29 is 13.9 Å². The number of hydrogen-bond donors (Lipinski definition) is 2. The van der Waals surface area contributed by atoms with Crippen molar-refractivity contribution in [2.45, 2.75) is 18.9 Å². The number of carbonyl (C=O) groups excluding carboxylic acids is 1. The van der Waals surface area contributed by atoms with Gasteiger partial charge in [-0.05, 0) is 43.0 Å². The minimum Gasteiger partial charge on any atom is -0.381 e. The Morgan fingerprint density at radius 3 is 2.68 bits per heavy atom.